The average Bonchev–Trinajstić information content (AvgIpc) is 1.65. The summed E-state index contributed by atoms with van der Waals surface area (Å²) in [7, 11) is 2.78. The minimum absolute atomic E-state index is 0. The minimum atomic E-state index is -0.876. The van der Waals surface area contributed by atoms with E-state index >= 15 is 0 Å². The second kappa shape index (κ2) is 36.9. The molecule has 1 saturated heterocycles. The number of aromatic amines is 4. The number of rotatable bonds is 13. The van der Waals surface area contributed by atoms with Crippen LogP contribution < -0.4 is 24.2 Å². The van der Waals surface area contributed by atoms with Crippen LogP contribution in [-0.4, -0.2) is 150 Å². The number of hydrogen-bond acceptors (Lipinski definition) is 14. The van der Waals surface area contributed by atoms with Gasteiger partial charge in [0.1, 0.15) is 5.60 Å². The monoisotopic (exact) mass is 1500 g/mol. The van der Waals surface area contributed by atoms with Crippen molar-refractivity contribution in [3.8, 4) is 6.07 Å². The van der Waals surface area contributed by atoms with Crippen molar-refractivity contribution >= 4 is 73.5 Å². The van der Waals surface area contributed by atoms with Gasteiger partial charge in [0, 0.05) is 194 Å². The first kappa shape index (κ1) is 81.9. The zero-order valence-electron chi connectivity index (χ0n) is 64.0. The molecule has 0 spiro atoms. The molecule has 0 atom stereocenters. The molecule has 0 saturated carbocycles. The Morgan fingerprint density at radius 2 is 0.812 bits per heavy atom. The van der Waals surface area contributed by atoms with Gasteiger partial charge in [-0.05, 0) is 157 Å². The first-order chi connectivity index (χ1) is 52.9. The molecule has 0 radical (unpaired) electrons. The molecule has 9 heterocycles. The first-order valence-electron chi connectivity index (χ1n) is 37.6. The molecule has 21 nitrogen and oxygen atoms in total. The number of carbonyl (C=O) groups is 5. The number of esters is 2. The SMILES string of the molecule is C.COC(=O)c1ccc2[nH]c3c(c2c1)CN(C(=O)OC(C)(C)C)CC3.COC(=O)c1ccc2[nH]c3c(c2c1)CN(Cc1ccccc1)CC3.N#Cc1ccc(CN2CCC(NC(=O)c3ccc4[nH]c5c(c4c3)CN(Cc3ccccc3)CC5)CC2)cc1.O=C(O)c1ccc2[nH]c3c(c2c1)CN(Cc1ccccc1)CC3.[Li+].[OH-]. The Morgan fingerprint density at radius 1 is 0.464 bits per heavy atom. The van der Waals surface area contributed by atoms with Gasteiger partial charge in [-0.3, -0.25) is 24.4 Å². The Bertz CT molecular complexity index is 5330. The van der Waals surface area contributed by atoms with Crippen LogP contribution in [0, 0.1) is 11.3 Å². The molecule has 5 aliphatic rings. The Labute approximate surface area is 665 Å². The molecule has 0 bridgehead atoms. The van der Waals surface area contributed by atoms with Gasteiger partial charge in [0.15, 0.2) is 0 Å². The normalized spacial score (nSPS) is 14.9. The Kier molecular flexibility index (Phi) is 27.0. The zero-order chi connectivity index (χ0) is 75.7. The number of carboxylic acids is 1. The van der Waals surface area contributed by atoms with Crippen molar-refractivity contribution in [1.82, 2.24) is 49.8 Å². The number of benzene rings is 8. The summed E-state index contributed by atoms with van der Waals surface area (Å²) in [6.45, 7) is 18.0. The molecule has 5 aliphatic heterocycles. The number of nitrogens with zero attached hydrogens (tertiary/aromatic N) is 6. The van der Waals surface area contributed by atoms with Gasteiger partial charge in [0.25, 0.3) is 5.91 Å². The molecule has 0 unspecified atom stereocenters. The number of piperidine rings is 1. The summed E-state index contributed by atoms with van der Waals surface area (Å²) < 4.78 is 15.1. The number of fused-ring (bicyclic) bond motifs is 12. The van der Waals surface area contributed by atoms with E-state index in [1.807, 2.05) is 99.6 Å². The van der Waals surface area contributed by atoms with Crippen molar-refractivity contribution < 1.29 is 67.6 Å². The van der Waals surface area contributed by atoms with Gasteiger partial charge in [-0.1, -0.05) is 111 Å². The number of methoxy groups -OCH3 is 2. The summed E-state index contributed by atoms with van der Waals surface area (Å²) in [5.41, 5.74) is 21.6. The molecule has 4 aromatic heterocycles. The maximum Gasteiger partial charge on any atom is 1.00 e. The smallest absolute Gasteiger partial charge is 0.870 e. The maximum absolute atomic E-state index is 13.2. The number of carbonyl (C=O) groups excluding carboxylic acids is 4. The van der Waals surface area contributed by atoms with Crippen LogP contribution in [-0.2, 0) is 92.3 Å². The topological polar surface area (TPSA) is 278 Å². The number of amides is 2. The van der Waals surface area contributed by atoms with E-state index in [1.54, 1.807) is 23.1 Å². The number of nitriles is 1. The summed E-state index contributed by atoms with van der Waals surface area (Å²) in [4.78, 5) is 85.7. The van der Waals surface area contributed by atoms with Crippen LogP contribution >= 0.6 is 0 Å². The number of carboxylic acid groups (broad SMARTS) is 1. The predicted molar refractivity (Wildman–Crippen MR) is 432 cm³/mol. The van der Waals surface area contributed by atoms with Crippen LogP contribution in [0.2, 0.25) is 0 Å². The molecule has 574 valence electrons. The van der Waals surface area contributed by atoms with Gasteiger partial charge in [0.05, 0.1) is 49.1 Å². The van der Waals surface area contributed by atoms with E-state index < -0.39 is 11.6 Å². The molecule has 2 amide bonds. The molecule has 7 N–H and O–H groups in total. The molecular weight excluding hydrogens is 1400 g/mol. The molecule has 22 heteroatoms. The van der Waals surface area contributed by atoms with Crippen molar-refractivity contribution in [2.45, 2.75) is 131 Å². The van der Waals surface area contributed by atoms with Crippen molar-refractivity contribution in [1.29, 1.82) is 5.26 Å². The number of ether oxygens (including phenoxy) is 3. The van der Waals surface area contributed by atoms with Crippen molar-refractivity contribution in [2.24, 2.45) is 0 Å². The van der Waals surface area contributed by atoms with Crippen LogP contribution in [0.4, 0.5) is 4.79 Å². The van der Waals surface area contributed by atoms with E-state index in [-0.39, 0.29) is 61.7 Å². The Morgan fingerprint density at radius 3 is 1.20 bits per heavy atom. The van der Waals surface area contributed by atoms with E-state index in [4.69, 9.17) is 19.5 Å². The quantitative estimate of drug-likeness (QED) is 0.0356. The van der Waals surface area contributed by atoms with Crippen molar-refractivity contribution in [2.75, 3.05) is 53.5 Å². The van der Waals surface area contributed by atoms with Crippen LogP contribution in [0.1, 0.15) is 155 Å². The maximum atomic E-state index is 13.2. The minimum Gasteiger partial charge on any atom is -0.870 e. The molecule has 0 aliphatic carbocycles. The fourth-order valence-corrected chi connectivity index (χ4v) is 15.6. The van der Waals surface area contributed by atoms with Crippen LogP contribution in [0.15, 0.2) is 188 Å². The third-order valence-electron chi connectivity index (χ3n) is 21.3. The summed E-state index contributed by atoms with van der Waals surface area (Å²) >= 11 is 0. The van der Waals surface area contributed by atoms with Gasteiger partial charge in [0.2, 0.25) is 0 Å². The Balaban J connectivity index is 0.000000150. The van der Waals surface area contributed by atoms with Gasteiger partial charge >= 0.3 is 42.9 Å². The fraction of sp³-hybridized carbons (Fsp3) is 0.311. The van der Waals surface area contributed by atoms with Crippen LogP contribution in [0.25, 0.3) is 43.6 Å². The molecule has 8 aromatic carbocycles. The number of hydrogen-bond donors (Lipinski definition) is 6. The molecule has 1 fully saturated rings. The summed E-state index contributed by atoms with van der Waals surface area (Å²) in [5, 5.41) is 25.8. The van der Waals surface area contributed by atoms with E-state index in [0.29, 0.717) is 35.3 Å². The number of H-pyrrole nitrogens is 4. The fourth-order valence-electron chi connectivity index (χ4n) is 15.6. The molecule has 17 rings (SSSR count). The number of nitrogens with one attached hydrogen (secondary N) is 5. The van der Waals surface area contributed by atoms with E-state index in [0.717, 1.165) is 172 Å². The first-order valence-corrected chi connectivity index (χ1v) is 37.6. The largest absolute Gasteiger partial charge is 1.00 e. The second-order valence-electron chi connectivity index (χ2n) is 30.0. The molecular formula is C90H98LiN11O10. The van der Waals surface area contributed by atoms with Crippen LogP contribution in [0.3, 0.4) is 0 Å². The summed E-state index contributed by atoms with van der Waals surface area (Å²) in [5.74, 6) is -1.52. The van der Waals surface area contributed by atoms with Gasteiger partial charge in [-0.25, -0.2) is 19.2 Å². The predicted octanol–water partition coefficient (Wildman–Crippen LogP) is 12.6. The molecule has 112 heavy (non-hydrogen) atoms. The number of aromatic nitrogens is 4. The standard InChI is InChI=1S/C32H33N5O.C20H20N2O2.C19H18N2O2.C18H22N2O4.CH4.Li.H2O/c33-19-23-6-8-25(9-7-23)20-36-15-12-27(13-16-36)34-32(38)26-10-11-30-28(18-26)29-22-37(17-14-31(29)35-30)21-24-4-2-1-3-5-24;1-24-20(23)15-7-8-18-16(11-15)17-13-22(10-9-19(17)21-18)12-14-5-3-2-4-6-14;22-19(23)14-6-7-17-15(10-14)16-12-21(9-8-18(16)20-17)11-13-4-2-1-3-5-13;1-18(2,3)24-17(22)20-8-7-15-13(10-20)12-9-11(16(21)23-4)5-6-14(12)19-15;;;/h1-11,18,27,35H,12-17,20-22H2,(H,34,38);2-8,11,21H,9-10,12-13H2,1H3;1-7,10,20H,8-9,11-12H2,(H,22,23);5-6,9,19H,7-8,10H2,1-4H3;1H4;;1H2/q;;;;;+1;/p-1. The summed E-state index contributed by atoms with van der Waals surface area (Å²) in [6.07, 6.45) is 5.28. The molecule has 12 aromatic rings. The Hall–Kier alpha value is -11.0. The number of aromatic carboxylic acids is 1. The van der Waals surface area contributed by atoms with Crippen molar-refractivity contribution in [3.63, 3.8) is 0 Å². The zero-order valence-corrected chi connectivity index (χ0v) is 64.0. The average molecular weight is 1500 g/mol. The summed E-state index contributed by atoms with van der Waals surface area (Å²) in [6, 6.07) is 64.4. The second-order valence-corrected chi connectivity index (χ2v) is 30.0. The van der Waals surface area contributed by atoms with Crippen LogP contribution in [0.5, 0.6) is 0 Å². The van der Waals surface area contributed by atoms with Gasteiger partial charge in [-0.2, -0.15) is 5.26 Å². The third-order valence-corrected chi connectivity index (χ3v) is 21.3. The third kappa shape index (κ3) is 19.6. The van der Waals surface area contributed by atoms with Gasteiger partial charge in [-0.15, -0.1) is 0 Å². The number of likely N-dealkylation sites (tertiary alicyclic amines) is 1. The van der Waals surface area contributed by atoms with Crippen molar-refractivity contribution in [3.05, 3.63) is 283 Å². The van der Waals surface area contributed by atoms with E-state index in [2.05, 4.69) is 142 Å². The van der Waals surface area contributed by atoms with E-state index in [1.165, 1.54) is 75.6 Å². The van der Waals surface area contributed by atoms with E-state index in [9.17, 15) is 29.1 Å². The van der Waals surface area contributed by atoms with Gasteiger partial charge < -0.3 is 54.9 Å².